The van der Waals surface area contributed by atoms with E-state index in [2.05, 4.69) is 52.3 Å². The molecule has 0 amide bonds. The summed E-state index contributed by atoms with van der Waals surface area (Å²) in [7, 11) is 0. The number of para-hydroxylation sites is 2. The van der Waals surface area contributed by atoms with E-state index in [-0.39, 0.29) is 5.78 Å². The van der Waals surface area contributed by atoms with E-state index in [0.717, 1.165) is 22.5 Å². The van der Waals surface area contributed by atoms with Crippen molar-refractivity contribution < 1.29 is 4.79 Å². The van der Waals surface area contributed by atoms with E-state index in [0.29, 0.717) is 53.4 Å². The molecule has 208 valence electrons. The van der Waals surface area contributed by atoms with Crippen LogP contribution in [0.15, 0.2) is 94.4 Å². The van der Waals surface area contributed by atoms with Crippen molar-refractivity contribution in [1.82, 2.24) is 29.5 Å². The fourth-order valence-electron chi connectivity index (χ4n) is 5.03. The van der Waals surface area contributed by atoms with Crippen LogP contribution < -0.4 is 0 Å². The molecule has 0 spiro atoms. The van der Waals surface area contributed by atoms with Gasteiger partial charge < -0.3 is 0 Å². The van der Waals surface area contributed by atoms with E-state index in [1.165, 1.54) is 0 Å². The average molecular weight is 723 g/mol. The lowest BCUT2D eigenvalue weighted by atomic mass is 9.89. The van der Waals surface area contributed by atoms with Gasteiger partial charge in [-0.15, -0.1) is 20.4 Å². The molecular formula is C31H20Br2Cl2N6O. The lowest BCUT2D eigenvalue weighted by Crippen LogP contribution is -2.08. The fourth-order valence-corrected chi connectivity index (χ4v) is 6.43. The number of halogens is 4. The zero-order valence-corrected chi connectivity index (χ0v) is 26.9. The normalized spacial score (nSPS) is 11.2. The maximum Gasteiger partial charge on any atom is 0.204 e. The molecule has 0 saturated carbocycles. The van der Waals surface area contributed by atoms with Crippen molar-refractivity contribution in [2.45, 2.75) is 13.8 Å². The molecule has 42 heavy (non-hydrogen) atoms. The first-order chi connectivity index (χ1) is 20.2. The Morgan fingerprint density at radius 1 is 0.595 bits per heavy atom. The maximum atomic E-state index is 14.6. The van der Waals surface area contributed by atoms with Crippen LogP contribution in [0.5, 0.6) is 0 Å². The minimum Gasteiger partial charge on any atom is -0.289 e. The summed E-state index contributed by atoms with van der Waals surface area (Å²) in [4.78, 5) is 14.6. The first-order valence-corrected chi connectivity index (χ1v) is 15.1. The summed E-state index contributed by atoms with van der Waals surface area (Å²) in [6, 6.07) is 26.1. The second-order valence-electron chi connectivity index (χ2n) is 9.45. The van der Waals surface area contributed by atoms with Crippen molar-refractivity contribution in [3.63, 3.8) is 0 Å². The van der Waals surface area contributed by atoms with Crippen molar-refractivity contribution in [2.75, 3.05) is 0 Å². The molecule has 6 aromatic rings. The van der Waals surface area contributed by atoms with Crippen molar-refractivity contribution in [3.05, 3.63) is 127 Å². The molecule has 0 radical (unpaired) electrons. The number of nitrogens with zero attached hydrogens (tertiary/aromatic N) is 6. The number of aryl methyl sites for hydroxylation is 2. The average Bonchev–Trinajstić information content (AvgIpc) is 3.51. The molecule has 0 aliphatic heterocycles. The number of ketones is 1. The summed E-state index contributed by atoms with van der Waals surface area (Å²) < 4.78 is 4.87. The third kappa shape index (κ3) is 5.11. The molecule has 0 atom stereocenters. The van der Waals surface area contributed by atoms with Gasteiger partial charge in [0.2, 0.25) is 9.47 Å². The molecule has 11 heteroatoms. The zero-order chi connectivity index (χ0) is 29.5. The Balaban J connectivity index is 1.56. The first kappa shape index (κ1) is 28.5. The van der Waals surface area contributed by atoms with Gasteiger partial charge in [-0.3, -0.25) is 13.9 Å². The van der Waals surface area contributed by atoms with E-state index >= 15 is 0 Å². The van der Waals surface area contributed by atoms with Gasteiger partial charge in [-0.25, -0.2) is 0 Å². The highest BCUT2D eigenvalue weighted by Crippen LogP contribution is 2.38. The van der Waals surface area contributed by atoms with Crippen molar-refractivity contribution in [2.24, 2.45) is 0 Å². The highest BCUT2D eigenvalue weighted by molar-refractivity contribution is 9.10. The largest absolute Gasteiger partial charge is 0.289 e. The monoisotopic (exact) mass is 720 g/mol. The minimum atomic E-state index is -0.183. The van der Waals surface area contributed by atoms with E-state index in [4.69, 9.17) is 23.2 Å². The molecule has 0 aliphatic carbocycles. The highest BCUT2D eigenvalue weighted by atomic mass is 79.9. The van der Waals surface area contributed by atoms with E-state index in [9.17, 15) is 4.79 Å². The number of hydrogen-bond acceptors (Lipinski definition) is 5. The Labute approximate surface area is 268 Å². The molecule has 0 saturated heterocycles. The number of carbonyl (C=O) groups is 1. The van der Waals surface area contributed by atoms with Crippen LogP contribution in [0, 0.1) is 13.8 Å². The SMILES string of the molecule is Cc1nnc(Br)n1-c1ccccc1-c1cc(Cl)ccc1C(=O)c1ccc(Cl)cc1-c1ccccc1-n1c(C)nnc1Br. The molecule has 0 aliphatic rings. The van der Waals surface area contributed by atoms with Gasteiger partial charge in [-0.05, 0) is 105 Å². The van der Waals surface area contributed by atoms with Gasteiger partial charge in [0, 0.05) is 32.3 Å². The summed E-state index contributed by atoms with van der Waals surface area (Å²) in [5.74, 6) is 1.20. The second-order valence-corrected chi connectivity index (χ2v) is 11.7. The van der Waals surface area contributed by atoms with Crippen molar-refractivity contribution >= 4 is 60.8 Å². The van der Waals surface area contributed by atoms with Crippen LogP contribution in [0.4, 0.5) is 0 Å². The smallest absolute Gasteiger partial charge is 0.204 e. The molecule has 0 N–H and O–H groups in total. The van der Waals surface area contributed by atoms with E-state index in [1.807, 2.05) is 83.6 Å². The topological polar surface area (TPSA) is 78.5 Å². The highest BCUT2D eigenvalue weighted by Gasteiger charge is 2.24. The van der Waals surface area contributed by atoms with Crippen LogP contribution in [0.25, 0.3) is 33.6 Å². The van der Waals surface area contributed by atoms with Crippen LogP contribution in [0.2, 0.25) is 10.0 Å². The van der Waals surface area contributed by atoms with Crippen molar-refractivity contribution in [3.8, 4) is 33.6 Å². The van der Waals surface area contributed by atoms with Crippen LogP contribution in [0.3, 0.4) is 0 Å². The van der Waals surface area contributed by atoms with Crippen LogP contribution >= 0.6 is 55.1 Å². The molecule has 0 unspecified atom stereocenters. The summed E-state index contributed by atoms with van der Waals surface area (Å²) in [6.07, 6.45) is 0. The number of hydrogen-bond donors (Lipinski definition) is 0. The standard InChI is InChI=1S/C31H20Br2Cl2N6O/c1-17-36-38-30(32)40(17)27-9-5-3-7-21(27)25-15-19(34)11-13-23(25)29(42)24-14-12-20(35)16-26(24)22-8-4-6-10-28(22)41-18(2)37-39-31(41)33/h3-16H,1-2H3. The van der Waals surface area contributed by atoms with Gasteiger partial charge in [0.05, 0.1) is 11.4 Å². The van der Waals surface area contributed by atoms with Crippen molar-refractivity contribution in [1.29, 1.82) is 0 Å². The predicted molar refractivity (Wildman–Crippen MR) is 172 cm³/mol. The van der Waals surface area contributed by atoms with Crippen LogP contribution in [-0.2, 0) is 0 Å². The quantitative estimate of drug-likeness (QED) is 0.161. The molecule has 6 rings (SSSR count). The molecule has 2 aromatic heterocycles. The van der Waals surface area contributed by atoms with Gasteiger partial charge in [-0.2, -0.15) is 0 Å². The second kappa shape index (κ2) is 11.6. The van der Waals surface area contributed by atoms with Gasteiger partial charge in [0.1, 0.15) is 11.6 Å². The summed E-state index contributed by atoms with van der Waals surface area (Å²) in [5.41, 5.74) is 5.52. The third-order valence-electron chi connectivity index (χ3n) is 6.89. The Morgan fingerprint density at radius 3 is 1.38 bits per heavy atom. The number of carbonyl (C=O) groups excluding carboxylic acids is 1. The van der Waals surface area contributed by atoms with Gasteiger partial charge in [-0.1, -0.05) is 59.6 Å². The summed E-state index contributed by atoms with van der Waals surface area (Å²) in [5, 5.41) is 17.7. The number of aromatic nitrogens is 6. The molecule has 0 fully saturated rings. The Morgan fingerprint density at radius 2 is 1.00 bits per heavy atom. The summed E-state index contributed by atoms with van der Waals surface area (Å²) >= 11 is 20.1. The third-order valence-corrected chi connectivity index (χ3v) is 8.39. The van der Waals surface area contributed by atoms with E-state index in [1.54, 1.807) is 24.3 Å². The first-order valence-electron chi connectivity index (χ1n) is 12.7. The van der Waals surface area contributed by atoms with Gasteiger partial charge >= 0.3 is 0 Å². The molecule has 7 nitrogen and oxygen atoms in total. The maximum absolute atomic E-state index is 14.6. The fraction of sp³-hybridized carbons (Fsp3) is 0.0645. The van der Waals surface area contributed by atoms with E-state index < -0.39 is 0 Å². The summed E-state index contributed by atoms with van der Waals surface area (Å²) in [6.45, 7) is 3.73. The zero-order valence-electron chi connectivity index (χ0n) is 22.2. The Bertz CT molecular complexity index is 1820. The molecular weight excluding hydrogens is 703 g/mol. The van der Waals surface area contributed by atoms with Gasteiger partial charge in [0.25, 0.3) is 0 Å². The van der Waals surface area contributed by atoms with Crippen LogP contribution in [0.1, 0.15) is 27.6 Å². The lowest BCUT2D eigenvalue weighted by Gasteiger charge is -2.18. The van der Waals surface area contributed by atoms with Gasteiger partial charge in [0.15, 0.2) is 5.78 Å². The molecule has 4 aromatic carbocycles. The lowest BCUT2D eigenvalue weighted by molar-refractivity contribution is 0.104. The Hall–Kier alpha value is -3.63. The molecule has 0 bridgehead atoms. The number of benzene rings is 4. The predicted octanol–water partition coefficient (Wildman–Crippen LogP) is 8.86. The minimum absolute atomic E-state index is 0.183. The van der Waals surface area contributed by atoms with Crippen LogP contribution in [-0.4, -0.2) is 35.3 Å². The Kier molecular flexibility index (Phi) is 7.85. The number of rotatable bonds is 6. The molecule has 2 heterocycles.